The fourth-order valence-corrected chi connectivity index (χ4v) is 3.90. The van der Waals surface area contributed by atoms with E-state index < -0.39 is 0 Å². The van der Waals surface area contributed by atoms with Gasteiger partial charge in [-0.3, -0.25) is 9.69 Å². The van der Waals surface area contributed by atoms with Gasteiger partial charge in [-0.05, 0) is 66.7 Å². The van der Waals surface area contributed by atoms with Gasteiger partial charge in [0.1, 0.15) is 5.75 Å². The summed E-state index contributed by atoms with van der Waals surface area (Å²) in [5, 5.41) is 10.6. The molecule has 1 N–H and O–H groups in total. The van der Waals surface area contributed by atoms with Crippen molar-refractivity contribution in [3.63, 3.8) is 0 Å². The molecule has 28 heavy (non-hydrogen) atoms. The second-order valence-electron chi connectivity index (χ2n) is 5.81. The molecule has 0 aliphatic carbocycles. The molecule has 1 fully saturated rings. The summed E-state index contributed by atoms with van der Waals surface area (Å²) in [4.78, 5) is 19.5. The number of aromatic hydroxyl groups is 1. The van der Waals surface area contributed by atoms with Gasteiger partial charge in [-0.25, -0.2) is 4.99 Å². The lowest BCUT2D eigenvalue weighted by atomic mass is 10.2. The number of phenolic OH excluding ortho intramolecular Hbond substituents is 1. The Morgan fingerprint density at radius 1 is 1.21 bits per heavy atom. The molecule has 2 aromatic carbocycles. The van der Waals surface area contributed by atoms with Gasteiger partial charge in [0.2, 0.25) is 0 Å². The van der Waals surface area contributed by atoms with Crippen molar-refractivity contribution in [3.05, 3.63) is 51.9 Å². The molecule has 0 spiro atoms. The highest BCUT2D eigenvalue weighted by Gasteiger charge is 2.32. The van der Waals surface area contributed by atoms with Crippen LogP contribution in [0.5, 0.6) is 17.2 Å². The number of thioether (sulfide) groups is 1. The third-order valence-corrected chi connectivity index (χ3v) is 5.36. The lowest BCUT2D eigenvalue weighted by Crippen LogP contribution is -2.28. The Hall–Kier alpha value is -2.64. The number of rotatable bonds is 5. The van der Waals surface area contributed by atoms with Gasteiger partial charge < -0.3 is 14.6 Å². The van der Waals surface area contributed by atoms with Crippen molar-refractivity contribution < 1.29 is 19.4 Å². The lowest BCUT2D eigenvalue weighted by Gasteiger charge is -2.12. The average molecular weight is 419 g/mol. The first-order valence-corrected chi connectivity index (χ1v) is 9.67. The van der Waals surface area contributed by atoms with Crippen LogP contribution in [0.2, 0.25) is 5.02 Å². The normalized spacial score (nSPS) is 16.9. The highest BCUT2D eigenvalue weighted by molar-refractivity contribution is 8.18. The number of nitrogens with zero attached hydrogens (tertiary/aromatic N) is 2. The summed E-state index contributed by atoms with van der Waals surface area (Å²) in [6, 6.07) is 10.5. The maximum Gasteiger partial charge on any atom is 0.266 e. The highest BCUT2D eigenvalue weighted by Crippen LogP contribution is 2.38. The quantitative estimate of drug-likeness (QED) is 0.713. The fourth-order valence-electron chi connectivity index (χ4n) is 2.62. The molecule has 3 rings (SSSR count). The van der Waals surface area contributed by atoms with Gasteiger partial charge in [-0.1, -0.05) is 11.6 Å². The maximum absolute atomic E-state index is 12.8. The highest BCUT2D eigenvalue weighted by atomic mass is 35.5. The number of benzene rings is 2. The van der Waals surface area contributed by atoms with E-state index in [-0.39, 0.29) is 22.4 Å². The molecule has 0 bridgehead atoms. The number of phenols is 1. The van der Waals surface area contributed by atoms with Crippen LogP contribution in [0.15, 0.2) is 46.3 Å². The lowest BCUT2D eigenvalue weighted by molar-refractivity contribution is -0.122. The van der Waals surface area contributed by atoms with Crippen molar-refractivity contribution in [1.29, 1.82) is 0 Å². The predicted octanol–water partition coefficient (Wildman–Crippen LogP) is 4.69. The number of ether oxygens (including phenoxy) is 2. The van der Waals surface area contributed by atoms with E-state index in [0.29, 0.717) is 22.2 Å². The number of amidine groups is 1. The predicted molar refractivity (Wildman–Crippen MR) is 113 cm³/mol. The van der Waals surface area contributed by atoms with Crippen LogP contribution in [-0.2, 0) is 4.79 Å². The molecule has 0 aromatic heterocycles. The second kappa shape index (κ2) is 8.58. The summed E-state index contributed by atoms with van der Waals surface area (Å²) in [5.41, 5.74) is 1.38. The molecule has 8 heteroatoms. The summed E-state index contributed by atoms with van der Waals surface area (Å²) in [6.07, 6.45) is 1.71. The first-order chi connectivity index (χ1) is 13.5. The van der Waals surface area contributed by atoms with Gasteiger partial charge in [-0.15, -0.1) is 0 Å². The number of carbonyl (C=O) groups is 1. The maximum atomic E-state index is 12.8. The smallest absolute Gasteiger partial charge is 0.266 e. The first kappa shape index (κ1) is 20.1. The van der Waals surface area contributed by atoms with Gasteiger partial charge in [0.15, 0.2) is 16.7 Å². The van der Waals surface area contributed by atoms with Crippen LogP contribution in [0.1, 0.15) is 12.5 Å². The number of amides is 1. The number of hydrogen-bond acceptors (Lipinski definition) is 6. The second-order valence-corrected chi connectivity index (χ2v) is 7.22. The standard InChI is InChI=1S/C20H19ClN2O4S/c1-4-23-19(25)17(11-12-9-15(21)18(24)16(10-12)27-3)28-20(23)22-13-5-7-14(26-2)8-6-13/h5-11,24H,4H2,1-3H3/b17-11+,22-20?. The largest absolute Gasteiger partial charge is 0.503 e. The zero-order valence-corrected chi connectivity index (χ0v) is 17.2. The molecule has 146 valence electrons. The Bertz CT molecular complexity index is 957. The molecular weight excluding hydrogens is 400 g/mol. The monoisotopic (exact) mass is 418 g/mol. The first-order valence-electron chi connectivity index (χ1n) is 8.47. The Kier molecular flexibility index (Phi) is 6.16. The Labute approximate surface area is 172 Å². The number of likely N-dealkylation sites (N-methyl/N-ethyl adjacent to an activating group) is 1. The van der Waals surface area contributed by atoms with Crippen LogP contribution in [0.25, 0.3) is 6.08 Å². The summed E-state index contributed by atoms with van der Waals surface area (Å²) in [7, 11) is 3.04. The summed E-state index contributed by atoms with van der Waals surface area (Å²) in [5.74, 6) is 0.719. The minimum Gasteiger partial charge on any atom is -0.503 e. The zero-order chi connectivity index (χ0) is 20.3. The van der Waals surface area contributed by atoms with Crippen LogP contribution >= 0.6 is 23.4 Å². The molecular formula is C20H19ClN2O4S. The molecule has 0 saturated carbocycles. The third-order valence-electron chi connectivity index (χ3n) is 4.07. The van der Waals surface area contributed by atoms with E-state index in [1.165, 1.54) is 18.9 Å². The van der Waals surface area contributed by atoms with E-state index in [0.717, 1.165) is 11.4 Å². The van der Waals surface area contributed by atoms with E-state index >= 15 is 0 Å². The Morgan fingerprint density at radius 2 is 1.93 bits per heavy atom. The third kappa shape index (κ3) is 4.10. The van der Waals surface area contributed by atoms with E-state index in [2.05, 4.69) is 4.99 Å². The van der Waals surface area contributed by atoms with Crippen molar-refractivity contribution in [1.82, 2.24) is 4.90 Å². The van der Waals surface area contributed by atoms with Crippen LogP contribution in [0, 0.1) is 0 Å². The zero-order valence-electron chi connectivity index (χ0n) is 15.6. The van der Waals surface area contributed by atoms with Crippen LogP contribution in [0.3, 0.4) is 0 Å². The van der Waals surface area contributed by atoms with Gasteiger partial charge >= 0.3 is 0 Å². The molecule has 0 atom stereocenters. The summed E-state index contributed by atoms with van der Waals surface area (Å²) >= 11 is 7.33. The van der Waals surface area contributed by atoms with Gasteiger partial charge in [-0.2, -0.15) is 0 Å². The molecule has 2 aromatic rings. The number of methoxy groups -OCH3 is 2. The number of aliphatic imine (C=N–C) groups is 1. The van der Waals surface area contributed by atoms with Crippen LogP contribution < -0.4 is 9.47 Å². The SMILES string of the molecule is CCN1C(=O)/C(=C\c2cc(Cl)c(O)c(OC)c2)SC1=Nc1ccc(OC)cc1. The number of halogens is 1. The van der Waals surface area contributed by atoms with Crippen molar-refractivity contribution in [3.8, 4) is 17.2 Å². The molecule has 1 aliphatic heterocycles. The van der Waals surface area contributed by atoms with Crippen LogP contribution in [-0.4, -0.2) is 41.8 Å². The van der Waals surface area contributed by atoms with Crippen molar-refractivity contribution >= 4 is 46.2 Å². The Morgan fingerprint density at radius 3 is 2.54 bits per heavy atom. The van der Waals surface area contributed by atoms with E-state index in [4.69, 9.17) is 21.1 Å². The van der Waals surface area contributed by atoms with E-state index in [9.17, 15) is 9.90 Å². The molecule has 1 heterocycles. The van der Waals surface area contributed by atoms with E-state index in [1.54, 1.807) is 30.2 Å². The molecule has 1 saturated heterocycles. The Balaban J connectivity index is 1.93. The molecule has 6 nitrogen and oxygen atoms in total. The van der Waals surface area contributed by atoms with Gasteiger partial charge in [0, 0.05) is 6.54 Å². The minimum atomic E-state index is -0.136. The topological polar surface area (TPSA) is 71.4 Å². The number of hydrogen-bond donors (Lipinski definition) is 1. The summed E-state index contributed by atoms with van der Waals surface area (Å²) in [6.45, 7) is 2.39. The van der Waals surface area contributed by atoms with Crippen LogP contribution in [0.4, 0.5) is 5.69 Å². The van der Waals surface area contributed by atoms with E-state index in [1.807, 2.05) is 31.2 Å². The molecule has 0 radical (unpaired) electrons. The van der Waals surface area contributed by atoms with Crippen molar-refractivity contribution in [2.24, 2.45) is 4.99 Å². The molecule has 1 aliphatic rings. The van der Waals surface area contributed by atoms with Gasteiger partial charge in [0.05, 0.1) is 29.8 Å². The molecule has 1 amide bonds. The average Bonchev–Trinajstić information content (AvgIpc) is 2.99. The van der Waals surface area contributed by atoms with Crippen molar-refractivity contribution in [2.45, 2.75) is 6.92 Å². The van der Waals surface area contributed by atoms with Crippen molar-refractivity contribution in [2.75, 3.05) is 20.8 Å². The summed E-state index contributed by atoms with van der Waals surface area (Å²) < 4.78 is 10.3. The van der Waals surface area contributed by atoms with Gasteiger partial charge in [0.25, 0.3) is 5.91 Å². The number of carbonyl (C=O) groups excluding carboxylic acids is 1. The fraction of sp³-hybridized carbons (Fsp3) is 0.200. The molecule has 0 unspecified atom stereocenters. The minimum absolute atomic E-state index is 0.131.